The molecule has 2 aromatic rings. The standard InChI is InChI=1S/C11H18N5O12P3/c12-11-14-9-8(10(17)15-11)13-5-16(9)3-6-1-2-7(26-6)4-25-30(21,22)28-31(23,24)27-29(18,19)20/h5-7H,1-4H2,(H,21,22)(H,23,24)(H2,18,19,20)(H3,12,14,15,17)/t6-,7?/m1/s1. The fourth-order valence-corrected chi connectivity index (χ4v) is 5.89. The molecule has 17 nitrogen and oxygen atoms in total. The molecule has 0 saturated carbocycles. The highest BCUT2D eigenvalue weighted by molar-refractivity contribution is 7.66. The lowest BCUT2D eigenvalue weighted by molar-refractivity contribution is 0.00472. The van der Waals surface area contributed by atoms with Crippen molar-refractivity contribution in [3.8, 4) is 0 Å². The SMILES string of the molecule is Nc1nc2c(ncn2C[C@H]2CCC(COP(=O)(O)OP(=O)(O)OP(=O)(O)O)O2)c(=O)[nH]1. The van der Waals surface area contributed by atoms with Crippen LogP contribution in [0.3, 0.4) is 0 Å². The maximum atomic E-state index is 11.8. The van der Waals surface area contributed by atoms with E-state index in [1.807, 2.05) is 0 Å². The van der Waals surface area contributed by atoms with E-state index in [0.29, 0.717) is 12.8 Å². The van der Waals surface area contributed by atoms with Crippen LogP contribution in [0.2, 0.25) is 0 Å². The minimum atomic E-state index is -5.58. The average molecular weight is 505 g/mol. The third-order valence-corrected chi connectivity index (χ3v) is 7.73. The van der Waals surface area contributed by atoms with Gasteiger partial charge in [-0.15, -0.1) is 0 Å². The molecule has 0 aromatic carbocycles. The summed E-state index contributed by atoms with van der Waals surface area (Å²) in [6.45, 7) is -0.298. The average Bonchev–Trinajstić information content (AvgIpc) is 3.18. The zero-order valence-electron chi connectivity index (χ0n) is 15.4. The van der Waals surface area contributed by atoms with Gasteiger partial charge in [0.1, 0.15) is 0 Å². The number of ether oxygens (including phenoxy) is 1. The van der Waals surface area contributed by atoms with Crippen molar-refractivity contribution in [3.63, 3.8) is 0 Å². The van der Waals surface area contributed by atoms with Gasteiger partial charge < -0.3 is 34.6 Å². The number of H-pyrrole nitrogens is 1. The molecule has 3 rings (SSSR count). The smallest absolute Gasteiger partial charge is 0.371 e. The minimum Gasteiger partial charge on any atom is -0.371 e. The van der Waals surface area contributed by atoms with Crippen LogP contribution >= 0.6 is 23.5 Å². The lowest BCUT2D eigenvalue weighted by atomic mass is 10.2. The Morgan fingerprint density at radius 1 is 1.16 bits per heavy atom. The van der Waals surface area contributed by atoms with E-state index in [1.54, 1.807) is 4.57 Å². The molecule has 0 spiro atoms. The maximum absolute atomic E-state index is 11.8. The molecule has 0 bridgehead atoms. The lowest BCUT2D eigenvalue weighted by Gasteiger charge is -2.18. The summed E-state index contributed by atoms with van der Waals surface area (Å²) in [5, 5.41) is 0. The number of phosphoric acid groups is 3. The third kappa shape index (κ3) is 6.75. The molecular weight excluding hydrogens is 487 g/mol. The first kappa shape index (κ1) is 24.2. The molecule has 3 heterocycles. The van der Waals surface area contributed by atoms with Gasteiger partial charge in [0.05, 0.1) is 31.7 Å². The molecule has 174 valence electrons. The van der Waals surface area contributed by atoms with E-state index in [9.17, 15) is 23.4 Å². The molecule has 4 atom stereocenters. The largest absolute Gasteiger partial charge is 0.490 e. The van der Waals surface area contributed by atoms with Crippen LogP contribution in [0.25, 0.3) is 11.2 Å². The van der Waals surface area contributed by atoms with Gasteiger partial charge >= 0.3 is 23.5 Å². The van der Waals surface area contributed by atoms with Crippen molar-refractivity contribution in [2.75, 3.05) is 12.3 Å². The predicted molar refractivity (Wildman–Crippen MR) is 100 cm³/mol. The second kappa shape index (κ2) is 8.81. The van der Waals surface area contributed by atoms with E-state index >= 15 is 0 Å². The summed E-state index contributed by atoms with van der Waals surface area (Å²) in [4.78, 5) is 57.7. The molecule has 0 radical (unpaired) electrons. The Morgan fingerprint density at radius 3 is 2.52 bits per heavy atom. The van der Waals surface area contributed by atoms with Crippen LogP contribution in [0, 0.1) is 0 Å². The lowest BCUT2D eigenvalue weighted by Crippen LogP contribution is -2.20. The van der Waals surface area contributed by atoms with Crippen LogP contribution < -0.4 is 11.3 Å². The molecule has 1 aliphatic heterocycles. The van der Waals surface area contributed by atoms with Crippen LogP contribution in [0.4, 0.5) is 5.95 Å². The molecule has 0 aliphatic carbocycles. The van der Waals surface area contributed by atoms with Gasteiger partial charge in [0.15, 0.2) is 11.2 Å². The molecule has 2 aromatic heterocycles. The van der Waals surface area contributed by atoms with Gasteiger partial charge in [0.2, 0.25) is 5.95 Å². The summed E-state index contributed by atoms with van der Waals surface area (Å²) in [5.41, 5.74) is 5.38. The van der Waals surface area contributed by atoms with E-state index < -0.39 is 47.8 Å². The van der Waals surface area contributed by atoms with Crippen LogP contribution in [-0.4, -0.2) is 57.9 Å². The molecule has 20 heteroatoms. The third-order valence-electron chi connectivity index (χ3n) is 3.93. The molecule has 7 N–H and O–H groups in total. The van der Waals surface area contributed by atoms with Crippen LogP contribution in [0.15, 0.2) is 11.1 Å². The summed E-state index contributed by atoms with van der Waals surface area (Å²) in [6.07, 6.45) is 1.14. The molecule has 1 aliphatic rings. The fraction of sp³-hybridized carbons (Fsp3) is 0.545. The summed E-state index contributed by atoms with van der Waals surface area (Å²) in [7, 11) is -16.3. The number of nitrogen functional groups attached to an aromatic ring is 1. The minimum absolute atomic E-state index is 0.0829. The van der Waals surface area contributed by atoms with E-state index in [4.69, 9.17) is 25.2 Å². The Morgan fingerprint density at radius 2 is 1.84 bits per heavy atom. The Bertz CT molecular complexity index is 1160. The van der Waals surface area contributed by atoms with Crippen LogP contribution in [0.5, 0.6) is 0 Å². The number of anilines is 1. The highest BCUT2D eigenvalue weighted by atomic mass is 31.3. The zero-order valence-corrected chi connectivity index (χ0v) is 18.1. The van der Waals surface area contributed by atoms with Gasteiger partial charge in [-0.05, 0) is 12.8 Å². The first-order chi connectivity index (χ1) is 14.2. The Balaban J connectivity index is 1.55. The summed E-state index contributed by atoms with van der Waals surface area (Å²) in [5.74, 6) is -0.0829. The maximum Gasteiger partial charge on any atom is 0.490 e. The monoisotopic (exact) mass is 505 g/mol. The summed E-state index contributed by atoms with van der Waals surface area (Å²) < 4.78 is 52.7. The Kier molecular flexibility index (Phi) is 6.87. The molecular formula is C11H18N5O12P3. The van der Waals surface area contributed by atoms with Gasteiger partial charge in [-0.3, -0.25) is 14.3 Å². The van der Waals surface area contributed by atoms with Crippen molar-refractivity contribution in [1.29, 1.82) is 0 Å². The highest BCUT2D eigenvalue weighted by Crippen LogP contribution is 2.66. The zero-order chi connectivity index (χ0) is 23.0. The van der Waals surface area contributed by atoms with E-state index in [1.165, 1.54) is 6.33 Å². The van der Waals surface area contributed by atoms with Gasteiger partial charge in [-0.2, -0.15) is 13.6 Å². The number of rotatable bonds is 9. The van der Waals surface area contributed by atoms with E-state index in [0.717, 1.165) is 0 Å². The number of aromatic nitrogens is 4. The first-order valence-corrected chi connectivity index (χ1v) is 12.9. The number of phosphoric ester groups is 1. The van der Waals surface area contributed by atoms with E-state index in [2.05, 4.69) is 28.1 Å². The number of aromatic amines is 1. The number of hydrogen-bond donors (Lipinski definition) is 6. The summed E-state index contributed by atoms with van der Waals surface area (Å²) in [6, 6.07) is 0. The predicted octanol–water partition coefficient (Wildman–Crippen LogP) is -0.407. The molecule has 1 saturated heterocycles. The Labute approximate surface area is 172 Å². The number of fused-ring (bicyclic) bond motifs is 1. The van der Waals surface area contributed by atoms with Gasteiger partial charge in [-0.25, -0.2) is 18.7 Å². The van der Waals surface area contributed by atoms with Gasteiger partial charge in [-0.1, -0.05) is 0 Å². The molecule has 1 fully saturated rings. The van der Waals surface area contributed by atoms with Crippen molar-refractivity contribution < 1.29 is 51.2 Å². The molecule has 0 amide bonds. The van der Waals surface area contributed by atoms with Crippen molar-refractivity contribution >= 4 is 40.6 Å². The topological polar surface area (TPSA) is 259 Å². The van der Waals surface area contributed by atoms with Crippen molar-refractivity contribution in [2.24, 2.45) is 0 Å². The fourth-order valence-electron chi connectivity index (χ4n) is 2.84. The number of hydrogen-bond acceptors (Lipinski definition) is 11. The van der Waals surface area contributed by atoms with Crippen LogP contribution in [0.1, 0.15) is 12.8 Å². The number of nitrogens with two attached hydrogens (primary N) is 1. The second-order valence-electron chi connectivity index (χ2n) is 6.36. The van der Waals surface area contributed by atoms with Crippen LogP contribution in [-0.2, 0) is 38.1 Å². The highest BCUT2D eigenvalue weighted by Gasteiger charge is 2.41. The summed E-state index contributed by atoms with van der Waals surface area (Å²) >= 11 is 0. The number of nitrogens with one attached hydrogen (secondary N) is 1. The van der Waals surface area contributed by atoms with E-state index in [-0.39, 0.29) is 23.7 Å². The van der Waals surface area contributed by atoms with Crippen molar-refractivity contribution in [2.45, 2.75) is 31.6 Å². The quantitative estimate of drug-likeness (QED) is 0.237. The number of imidazole rings is 1. The first-order valence-electron chi connectivity index (χ1n) is 8.37. The van der Waals surface area contributed by atoms with Crippen molar-refractivity contribution in [1.82, 2.24) is 19.5 Å². The second-order valence-corrected chi connectivity index (χ2v) is 10.8. The molecule has 3 unspecified atom stereocenters. The normalized spacial score (nSPS) is 23.6. The van der Waals surface area contributed by atoms with Gasteiger partial charge in [0.25, 0.3) is 5.56 Å². The molecule has 31 heavy (non-hydrogen) atoms. The number of nitrogens with zero attached hydrogens (tertiary/aromatic N) is 3. The Hall–Kier alpha value is -1.48. The van der Waals surface area contributed by atoms with Gasteiger partial charge in [0, 0.05) is 0 Å². The van der Waals surface area contributed by atoms with Crippen molar-refractivity contribution in [3.05, 3.63) is 16.7 Å².